The lowest BCUT2D eigenvalue weighted by atomic mass is 10.4. The van der Waals surface area contributed by atoms with E-state index < -0.39 is 5.97 Å². The molecule has 1 aromatic heterocycles. The van der Waals surface area contributed by atoms with Gasteiger partial charge in [0.2, 0.25) is 0 Å². The summed E-state index contributed by atoms with van der Waals surface area (Å²) in [6.07, 6.45) is 0. The Hall–Kier alpha value is -0.740. The van der Waals surface area contributed by atoms with E-state index in [9.17, 15) is 4.79 Å². The molecular formula is C5H4ClNO2S. The molecule has 1 rings (SSSR count). The van der Waals surface area contributed by atoms with Gasteiger partial charge in [0.05, 0.1) is 5.69 Å². The quantitative estimate of drug-likeness (QED) is 0.686. The predicted molar refractivity (Wildman–Crippen MR) is 40.7 cm³/mol. The second-order valence-electron chi connectivity index (χ2n) is 1.64. The molecule has 0 unspecified atom stereocenters. The van der Waals surface area contributed by atoms with E-state index in [4.69, 9.17) is 22.4 Å². The lowest BCUT2D eigenvalue weighted by Crippen LogP contribution is -1.90. The Kier molecular flexibility index (Phi) is 1.82. The fraction of sp³-hybridized carbons (Fsp3) is 0. The van der Waals surface area contributed by atoms with Gasteiger partial charge in [-0.25, -0.2) is 4.79 Å². The second kappa shape index (κ2) is 2.48. The molecule has 5 heteroatoms. The summed E-state index contributed by atoms with van der Waals surface area (Å²) < 4.78 is 0.331. The van der Waals surface area contributed by atoms with Crippen molar-refractivity contribution in [1.29, 1.82) is 0 Å². The molecule has 0 saturated heterocycles. The van der Waals surface area contributed by atoms with E-state index in [1.807, 2.05) is 0 Å². The number of carboxylic acid groups (broad SMARTS) is 1. The Morgan fingerprint density at radius 1 is 1.80 bits per heavy atom. The first-order valence-electron chi connectivity index (χ1n) is 2.39. The lowest BCUT2D eigenvalue weighted by Gasteiger charge is -1.79. The number of nitrogen functional groups attached to an aromatic ring is 1. The van der Waals surface area contributed by atoms with Gasteiger partial charge in [0.15, 0.2) is 0 Å². The van der Waals surface area contributed by atoms with Crippen LogP contribution in [0.4, 0.5) is 5.69 Å². The average molecular weight is 178 g/mol. The molecule has 54 valence electrons. The first kappa shape index (κ1) is 7.37. The van der Waals surface area contributed by atoms with Gasteiger partial charge in [-0.3, -0.25) is 0 Å². The van der Waals surface area contributed by atoms with Crippen LogP contribution < -0.4 is 5.73 Å². The van der Waals surface area contributed by atoms with Crippen LogP contribution in [0.1, 0.15) is 9.67 Å². The first-order valence-corrected chi connectivity index (χ1v) is 3.59. The number of aromatic carboxylic acids is 1. The van der Waals surface area contributed by atoms with Crippen LogP contribution in [-0.4, -0.2) is 11.1 Å². The van der Waals surface area contributed by atoms with E-state index in [1.165, 1.54) is 6.07 Å². The van der Waals surface area contributed by atoms with Crippen LogP contribution in [0.25, 0.3) is 0 Å². The highest BCUT2D eigenvalue weighted by molar-refractivity contribution is 7.18. The molecule has 0 aliphatic heterocycles. The summed E-state index contributed by atoms with van der Waals surface area (Å²) in [7, 11) is 0. The molecule has 0 amide bonds. The number of anilines is 1. The van der Waals surface area contributed by atoms with Crippen molar-refractivity contribution in [3.05, 3.63) is 15.3 Å². The summed E-state index contributed by atoms with van der Waals surface area (Å²) in [4.78, 5) is 10.4. The zero-order valence-corrected chi connectivity index (χ0v) is 6.37. The summed E-state index contributed by atoms with van der Waals surface area (Å²) in [5.74, 6) is -0.997. The van der Waals surface area contributed by atoms with Crippen molar-refractivity contribution in [2.45, 2.75) is 0 Å². The Morgan fingerprint density at radius 2 is 2.40 bits per heavy atom. The monoisotopic (exact) mass is 177 g/mol. The number of halogens is 1. The Morgan fingerprint density at radius 3 is 2.60 bits per heavy atom. The number of carbonyl (C=O) groups is 1. The normalized spacial score (nSPS) is 9.70. The molecule has 10 heavy (non-hydrogen) atoms. The van der Waals surface area contributed by atoms with Gasteiger partial charge in [0.1, 0.15) is 9.21 Å². The topological polar surface area (TPSA) is 63.3 Å². The molecule has 0 bridgehead atoms. The first-order chi connectivity index (χ1) is 4.61. The number of hydrogen-bond donors (Lipinski definition) is 2. The largest absolute Gasteiger partial charge is 0.477 e. The van der Waals surface area contributed by atoms with Gasteiger partial charge in [-0.15, -0.1) is 11.3 Å². The van der Waals surface area contributed by atoms with E-state index in [0.717, 1.165) is 11.3 Å². The van der Waals surface area contributed by atoms with Crippen molar-refractivity contribution >= 4 is 34.6 Å². The van der Waals surface area contributed by atoms with Gasteiger partial charge in [0.25, 0.3) is 0 Å². The second-order valence-corrected chi connectivity index (χ2v) is 3.30. The molecule has 0 fully saturated rings. The summed E-state index contributed by atoms with van der Waals surface area (Å²) in [5, 5.41) is 8.42. The maximum Gasteiger partial charge on any atom is 0.345 e. The van der Waals surface area contributed by atoms with Crippen molar-refractivity contribution < 1.29 is 9.90 Å². The fourth-order valence-corrected chi connectivity index (χ4v) is 1.44. The molecule has 1 aromatic rings. The molecule has 0 saturated carbocycles. The molecule has 0 aliphatic carbocycles. The minimum atomic E-state index is -0.997. The number of rotatable bonds is 1. The van der Waals surface area contributed by atoms with E-state index >= 15 is 0 Å². The van der Waals surface area contributed by atoms with E-state index in [1.54, 1.807) is 0 Å². The highest BCUT2D eigenvalue weighted by Crippen LogP contribution is 2.29. The summed E-state index contributed by atoms with van der Waals surface area (Å²) in [5.41, 5.74) is 5.62. The maximum absolute atomic E-state index is 10.3. The molecule has 0 aliphatic rings. The molecule has 3 N–H and O–H groups in total. The highest BCUT2D eigenvalue weighted by atomic mass is 35.5. The van der Waals surface area contributed by atoms with Crippen LogP contribution in [0.5, 0.6) is 0 Å². The van der Waals surface area contributed by atoms with E-state index in [2.05, 4.69) is 0 Å². The number of carboxylic acids is 1. The van der Waals surface area contributed by atoms with Crippen LogP contribution in [0.3, 0.4) is 0 Å². The van der Waals surface area contributed by atoms with Gasteiger partial charge < -0.3 is 10.8 Å². The average Bonchev–Trinajstić information content (AvgIpc) is 2.13. The molecule has 0 radical (unpaired) electrons. The van der Waals surface area contributed by atoms with Gasteiger partial charge in [-0.05, 0) is 6.07 Å². The SMILES string of the molecule is Nc1cc(C(=O)O)sc1Cl. The van der Waals surface area contributed by atoms with Crippen LogP contribution in [0.2, 0.25) is 4.34 Å². The van der Waals surface area contributed by atoms with Gasteiger partial charge >= 0.3 is 5.97 Å². The van der Waals surface area contributed by atoms with Gasteiger partial charge in [0, 0.05) is 0 Å². The third kappa shape index (κ3) is 1.22. The van der Waals surface area contributed by atoms with Crippen molar-refractivity contribution in [3.8, 4) is 0 Å². The third-order valence-electron chi connectivity index (χ3n) is 0.924. The molecule has 0 spiro atoms. The smallest absolute Gasteiger partial charge is 0.345 e. The Bertz CT molecular complexity index is 251. The number of hydrogen-bond acceptors (Lipinski definition) is 3. The van der Waals surface area contributed by atoms with Crippen LogP contribution >= 0.6 is 22.9 Å². The van der Waals surface area contributed by atoms with Crippen molar-refractivity contribution in [2.75, 3.05) is 5.73 Å². The molecule has 0 atom stereocenters. The maximum atomic E-state index is 10.3. The van der Waals surface area contributed by atoms with E-state index in [0.29, 0.717) is 10.0 Å². The Balaban J connectivity index is 3.10. The van der Waals surface area contributed by atoms with Crippen LogP contribution in [0.15, 0.2) is 6.07 Å². The Labute approximate surface area is 66.0 Å². The fourth-order valence-electron chi connectivity index (χ4n) is 0.488. The predicted octanol–water partition coefficient (Wildman–Crippen LogP) is 1.68. The molecular weight excluding hydrogens is 174 g/mol. The number of thiophene rings is 1. The zero-order valence-electron chi connectivity index (χ0n) is 4.80. The number of nitrogens with two attached hydrogens (primary N) is 1. The van der Waals surface area contributed by atoms with Gasteiger partial charge in [-0.1, -0.05) is 11.6 Å². The van der Waals surface area contributed by atoms with Crippen LogP contribution in [0, 0.1) is 0 Å². The molecule has 0 aromatic carbocycles. The minimum Gasteiger partial charge on any atom is -0.477 e. The van der Waals surface area contributed by atoms with Crippen molar-refractivity contribution in [3.63, 3.8) is 0 Å². The zero-order chi connectivity index (χ0) is 7.72. The summed E-state index contributed by atoms with van der Waals surface area (Å²) in [6, 6.07) is 1.34. The highest BCUT2D eigenvalue weighted by Gasteiger charge is 2.08. The standard InChI is InChI=1S/C5H4ClNO2S/c6-4-2(7)1-3(10-4)5(8)9/h1H,7H2,(H,8,9). The summed E-state index contributed by atoms with van der Waals surface area (Å²) >= 11 is 6.47. The molecule has 3 nitrogen and oxygen atoms in total. The minimum absolute atomic E-state index is 0.169. The van der Waals surface area contributed by atoms with Gasteiger partial charge in [-0.2, -0.15) is 0 Å². The van der Waals surface area contributed by atoms with E-state index in [-0.39, 0.29) is 4.88 Å². The third-order valence-corrected chi connectivity index (χ3v) is 2.30. The molecule has 1 heterocycles. The van der Waals surface area contributed by atoms with Crippen molar-refractivity contribution in [1.82, 2.24) is 0 Å². The van der Waals surface area contributed by atoms with Crippen LogP contribution in [-0.2, 0) is 0 Å². The summed E-state index contributed by atoms with van der Waals surface area (Å²) in [6.45, 7) is 0. The van der Waals surface area contributed by atoms with Crippen molar-refractivity contribution in [2.24, 2.45) is 0 Å². The lowest BCUT2D eigenvalue weighted by molar-refractivity contribution is 0.0702.